The van der Waals surface area contributed by atoms with Gasteiger partial charge in [0.25, 0.3) is 5.91 Å². The van der Waals surface area contributed by atoms with E-state index in [2.05, 4.69) is 19.9 Å². The maximum atomic E-state index is 13.8. The van der Waals surface area contributed by atoms with E-state index in [1.165, 1.54) is 12.1 Å². The van der Waals surface area contributed by atoms with E-state index in [9.17, 15) is 9.18 Å². The first-order valence-electron chi connectivity index (χ1n) is 11.0. The van der Waals surface area contributed by atoms with Gasteiger partial charge in [0.2, 0.25) is 5.88 Å². The first-order valence-corrected chi connectivity index (χ1v) is 11.0. The van der Waals surface area contributed by atoms with Crippen molar-refractivity contribution in [3.63, 3.8) is 0 Å². The van der Waals surface area contributed by atoms with Crippen LogP contribution in [0.2, 0.25) is 0 Å². The second-order valence-corrected chi connectivity index (χ2v) is 8.60. The smallest absolute Gasteiger partial charge is 0.255 e. The summed E-state index contributed by atoms with van der Waals surface area (Å²) >= 11 is 0. The molecule has 0 spiro atoms. The van der Waals surface area contributed by atoms with Crippen molar-refractivity contribution in [1.82, 2.24) is 19.9 Å². The maximum absolute atomic E-state index is 13.8. The Morgan fingerprint density at radius 3 is 2.69 bits per heavy atom. The van der Waals surface area contributed by atoms with Crippen LogP contribution in [0.3, 0.4) is 0 Å². The molecule has 2 aliphatic heterocycles. The van der Waals surface area contributed by atoms with Crippen molar-refractivity contribution in [2.75, 3.05) is 6.61 Å². The molecule has 7 heteroatoms. The third-order valence-electron chi connectivity index (χ3n) is 6.55. The van der Waals surface area contributed by atoms with Gasteiger partial charge in [0.1, 0.15) is 5.82 Å². The summed E-state index contributed by atoms with van der Waals surface area (Å²) < 4.78 is 19.0. The van der Waals surface area contributed by atoms with Crippen molar-refractivity contribution in [2.24, 2.45) is 5.92 Å². The highest BCUT2D eigenvalue weighted by Gasteiger charge is 2.45. The minimum atomic E-state index is -0.387. The predicted octanol–water partition coefficient (Wildman–Crippen LogP) is 4.45. The number of ether oxygens (including phenoxy) is 1. The van der Waals surface area contributed by atoms with Crippen LogP contribution in [0, 0.1) is 18.7 Å². The summed E-state index contributed by atoms with van der Waals surface area (Å²) in [4.78, 5) is 28.6. The predicted molar refractivity (Wildman–Crippen MR) is 118 cm³/mol. The van der Waals surface area contributed by atoms with Crippen LogP contribution in [-0.2, 0) is 0 Å². The summed E-state index contributed by atoms with van der Waals surface area (Å²) in [5.41, 5.74) is 2.43. The van der Waals surface area contributed by atoms with Crippen molar-refractivity contribution in [1.29, 1.82) is 0 Å². The molecule has 1 amide bonds. The molecule has 2 aromatic heterocycles. The zero-order valence-corrected chi connectivity index (χ0v) is 17.9. The van der Waals surface area contributed by atoms with E-state index in [0.717, 1.165) is 43.0 Å². The summed E-state index contributed by atoms with van der Waals surface area (Å²) in [5, 5.41) is 0. The molecule has 164 valence electrons. The number of rotatable bonds is 5. The van der Waals surface area contributed by atoms with Gasteiger partial charge in [-0.15, -0.1) is 0 Å². The second-order valence-electron chi connectivity index (χ2n) is 8.60. The Balaban J connectivity index is 1.39. The molecular formula is C25H25FN4O2. The molecular weight excluding hydrogens is 407 g/mol. The summed E-state index contributed by atoms with van der Waals surface area (Å²) in [6.07, 6.45) is 8.46. The van der Waals surface area contributed by atoms with E-state index in [1.54, 1.807) is 18.5 Å². The van der Waals surface area contributed by atoms with Crippen molar-refractivity contribution < 1.29 is 13.9 Å². The molecule has 2 fully saturated rings. The van der Waals surface area contributed by atoms with Crippen LogP contribution in [0.15, 0.2) is 55.0 Å². The second kappa shape index (κ2) is 8.65. The molecule has 6 nitrogen and oxygen atoms in total. The van der Waals surface area contributed by atoms with Crippen molar-refractivity contribution in [2.45, 2.75) is 44.7 Å². The lowest BCUT2D eigenvalue weighted by atomic mass is 9.89. The van der Waals surface area contributed by atoms with Crippen LogP contribution >= 0.6 is 0 Å². The quantitative estimate of drug-likeness (QED) is 0.596. The fourth-order valence-electron chi connectivity index (χ4n) is 5.02. The van der Waals surface area contributed by atoms with Crippen molar-refractivity contribution in [3.8, 4) is 17.3 Å². The number of hydrogen-bond donors (Lipinski definition) is 0. The summed E-state index contributed by atoms with van der Waals surface area (Å²) in [6, 6.07) is 10.9. The van der Waals surface area contributed by atoms with Gasteiger partial charge in [-0.2, -0.15) is 0 Å². The van der Waals surface area contributed by atoms with E-state index in [4.69, 9.17) is 4.74 Å². The van der Waals surface area contributed by atoms with Gasteiger partial charge in [-0.25, -0.2) is 19.3 Å². The van der Waals surface area contributed by atoms with E-state index in [-0.39, 0.29) is 29.7 Å². The lowest BCUT2D eigenvalue weighted by Gasteiger charge is -2.40. The number of aryl methyl sites for hydroxylation is 1. The van der Waals surface area contributed by atoms with Crippen LogP contribution < -0.4 is 4.74 Å². The molecule has 1 unspecified atom stereocenters. The van der Waals surface area contributed by atoms with Crippen LogP contribution in [0.1, 0.15) is 41.6 Å². The number of carbonyl (C=O) groups excluding carboxylic acids is 1. The molecule has 4 heterocycles. The number of hydrogen-bond acceptors (Lipinski definition) is 5. The van der Waals surface area contributed by atoms with E-state index in [1.807, 2.05) is 25.1 Å². The SMILES string of the molecule is Cc1ccc(-c2ncccn2)c(C(=O)N2C3CC[C@@H](COc4ccc(F)cn4)[C@@H]2CC3)c1. The molecule has 0 saturated carbocycles. The summed E-state index contributed by atoms with van der Waals surface area (Å²) in [6.45, 7) is 2.45. The van der Waals surface area contributed by atoms with Gasteiger partial charge < -0.3 is 9.64 Å². The third kappa shape index (κ3) is 3.95. The molecule has 2 bridgehead atoms. The monoisotopic (exact) mass is 432 g/mol. The highest BCUT2D eigenvalue weighted by molar-refractivity contribution is 6.01. The van der Waals surface area contributed by atoms with E-state index >= 15 is 0 Å². The van der Waals surface area contributed by atoms with E-state index in [0.29, 0.717) is 23.9 Å². The molecule has 0 N–H and O–H groups in total. The fourth-order valence-corrected chi connectivity index (χ4v) is 5.02. The number of fused-ring (bicyclic) bond motifs is 2. The highest BCUT2D eigenvalue weighted by atomic mass is 19.1. The average Bonchev–Trinajstić information content (AvgIpc) is 3.13. The summed E-state index contributed by atoms with van der Waals surface area (Å²) in [7, 11) is 0. The number of amides is 1. The normalized spacial score (nSPS) is 22.1. The first kappa shape index (κ1) is 20.5. The van der Waals surface area contributed by atoms with Gasteiger partial charge in [-0.1, -0.05) is 17.7 Å². The fraction of sp³-hybridized carbons (Fsp3) is 0.360. The number of aromatic nitrogens is 3. The molecule has 1 aromatic carbocycles. The number of carbonyl (C=O) groups is 1. The minimum Gasteiger partial charge on any atom is -0.477 e. The number of pyridine rings is 1. The Bertz CT molecular complexity index is 1110. The van der Waals surface area contributed by atoms with Gasteiger partial charge >= 0.3 is 0 Å². The van der Waals surface area contributed by atoms with Crippen LogP contribution in [0.25, 0.3) is 11.4 Å². The lowest BCUT2D eigenvalue weighted by Crippen LogP contribution is -2.49. The molecule has 3 atom stereocenters. The standard InChI is InChI=1S/C25H25FN4O2/c1-16-3-8-20(24-27-11-2-12-28-24)21(13-16)25(31)30-19-6-4-17(22(30)9-7-19)15-32-23-10-5-18(26)14-29-23/h2-3,5,8,10-14,17,19,22H,4,6-7,9,15H2,1H3/t17-,19?,22-/m0/s1. The Labute approximate surface area is 186 Å². The van der Waals surface area contributed by atoms with Crippen LogP contribution in [0.5, 0.6) is 5.88 Å². The van der Waals surface area contributed by atoms with Crippen LogP contribution in [-0.4, -0.2) is 44.4 Å². The van der Waals surface area contributed by atoms with Gasteiger partial charge in [-0.05, 0) is 50.8 Å². The number of piperidine rings is 1. The molecule has 2 aliphatic rings. The zero-order chi connectivity index (χ0) is 22.1. The zero-order valence-electron chi connectivity index (χ0n) is 17.9. The Morgan fingerprint density at radius 2 is 1.91 bits per heavy atom. The largest absolute Gasteiger partial charge is 0.477 e. The summed E-state index contributed by atoms with van der Waals surface area (Å²) in [5.74, 6) is 0.829. The van der Waals surface area contributed by atoms with Gasteiger partial charge in [0.05, 0.1) is 18.4 Å². The van der Waals surface area contributed by atoms with Gasteiger partial charge in [0.15, 0.2) is 5.82 Å². The maximum Gasteiger partial charge on any atom is 0.255 e. The Morgan fingerprint density at radius 1 is 1.09 bits per heavy atom. The average molecular weight is 432 g/mol. The topological polar surface area (TPSA) is 68.2 Å². The molecule has 5 rings (SSSR count). The number of benzene rings is 1. The van der Waals surface area contributed by atoms with Crippen molar-refractivity contribution >= 4 is 5.91 Å². The minimum absolute atomic E-state index is 0.0354. The first-order chi connectivity index (χ1) is 15.6. The molecule has 3 aromatic rings. The molecule has 0 radical (unpaired) electrons. The molecule has 32 heavy (non-hydrogen) atoms. The Hall–Kier alpha value is -3.35. The number of halogens is 1. The number of nitrogens with zero attached hydrogens (tertiary/aromatic N) is 4. The van der Waals surface area contributed by atoms with E-state index < -0.39 is 0 Å². The van der Waals surface area contributed by atoms with Gasteiger partial charge in [-0.3, -0.25) is 4.79 Å². The van der Waals surface area contributed by atoms with Crippen LogP contribution in [0.4, 0.5) is 4.39 Å². The highest BCUT2D eigenvalue weighted by Crippen LogP contribution is 2.41. The Kier molecular flexibility index (Phi) is 5.55. The van der Waals surface area contributed by atoms with Crippen molar-refractivity contribution in [3.05, 3.63) is 71.9 Å². The molecule has 0 aliphatic carbocycles. The third-order valence-corrected chi connectivity index (χ3v) is 6.55. The lowest BCUT2D eigenvalue weighted by molar-refractivity contribution is 0.0403. The molecule has 2 saturated heterocycles. The van der Waals surface area contributed by atoms with Gasteiger partial charge in [0, 0.05) is 42.0 Å².